The van der Waals surface area contributed by atoms with Crippen molar-refractivity contribution < 1.29 is 14.3 Å². The monoisotopic (exact) mass is 395 g/mol. The molecule has 0 saturated heterocycles. The first-order valence-corrected chi connectivity index (χ1v) is 9.20. The first-order chi connectivity index (χ1) is 14.0. The van der Waals surface area contributed by atoms with Gasteiger partial charge in [-0.3, -0.25) is 4.79 Å². The number of rotatable bonds is 7. The minimum absolute atomic E-state index is 0.0139. The van der Waals surface area contributed by atoms with Crippen LogP contribution in [0.3, 0.4) is 0 Å². The fraction of sp³-hybridized carbons (Fsp3) is 0.286. The number of carbonyl (C=O) groups is 1. The average Bonchev–Trinajstić information content (AvgIpc) is 3.52. The van der Waals surface area contributed by atoms with Crippen LogP contribution in [0.2, 0.25) is 0 Å². The van der Waals surface area contributed by atoms with Crippen molar-refractivity contribution in [2.45, 2.75) is 12.8 Å². The average molecular weight is 395 g/mol. The highest BCUT2D eigenvalue weighted by atomic mass is 16.5. The molecule has 2 aromatic heterocycles. The molecule has 1 fully saturated rings. The Morgan fingerprint density at radius 1 is 1.38 bits per heavy atom. The van der Waals surface area contributed by atoms with Crippen LogP contribution < -0.4 is 11.1 Å². The van der Waals surface area contributed by atoms with Crippen molar-refractivity contribution >= 4 is 34.1 Å². The maximum atomic E-state index is 12.0. The Kier molecular flexibility index (Phi) is 6.01. The number of hydrogen-bond donors (Lipinski definition) is 2. The number of pyridine rings is 1. The van der Waals surface area contributed by atoms with Crippen molar-refractivity contribution in [3.63, 3.8) is 0 Å². The van der Waals surface area contributed by atoms with Gasteiger partial charge in [0.1, 0.15) is 11.4 Å². The van der Waals surface area contributed by atoms with E-state index in [1.54, 1.807) is 24.5 Å². The van der Waals surface area contributed by atoms with Gasteiger partial charge in [0.2, 0.25) is 11.8 Å². The normalized spacial score (nSPS) is 15.3. The molecule has 0 atom stereocenters. The summed E-state index contributed by atoms with van der Waals surface area (Å²) in [5.41, 5.74) is 8.23. The van der Waals surface area contributed by atoms with Crippen LogP contribution in [0.4, 0.5) is 5.82 Å². The molecule has 0 radical (unpaired) electrons. The van der Waals surface area contributed by atoms with Gasteiger partial charge in [0, 0.05) is 24.6 Å². The van der Waals surface area contributed by atoms with Crippen LogP contribution in [0.1, 0.15) is 18.5 Å². The lowest BCUT2D eigenvalue weighted by molar-refractivity contribution is -0.117. The fourth-order valence-corrected chi connectivity index (χ4v) is 2.95. The molecule has 152 valence electrons. The third kappa shape index (κ3) is 4.31. The zero-order valence-electron chi connectivity index (χ0n) is 16.8. The number of methoxy groups -OCH3 is 2. The molecule has 8 heteroatoms. The number of allylic oxidation sites excluding steroid dienone is 2. The summed E-state index contributed by atoms with van der Waals surface area (Å²) in [5, 5.41) is 3.76. The summed E-state index contributed by atoms with van der Waals surface area (Å²) in [6.07, 6.45) is 8.44. The molecule has 2 aromatic rings. The van der Waals surface area contributed by atoms with Crippen molar-refractivity contribution in [2.75, 3.05) is 19.5 Å². The van der Waals surface area contributed by atoms with E-state index in [1.807, 2.05) is 23.7 Å². The number of fused-ring (bicyclic) bond motifs is 1. The molecule has 1 saturated carbocycles. The molecule has 1 aliphatic carbocycles. The highest BCUT2D eigenvalue weighted by Crippen LogP contribution is 2.31. The Hall–Kier alpha value is -3.55. The van der Waals surface area contributed by atoms with E-state index in [0.29, 0.717) is 17.3 Å². The molecule has 0 unspecified atom stereocenters. The number of anilines is 1. The molecular formula is C21H25N5O3. The fourth-order valence-electron chi connectivity index (χ4n) is 2.95. The maximum Gasteiger partial charge on any atom is 0.228 e. The van der Waals surface area contributed by atoms with Gasteiger partial charge in [-0.1, -0.05) is 12.7 Å². The van der Waals surface area contributed by atoms with Crippen LogP contribution in [-0.2, 0) is 21.3 Å². The van der Waals surface area contributed by atoms with Gasteiger partial charge in [-0.05, 0) is 31.1 Å². The molecule has 1 amide bonds. The minimum Gasteiger partial charge on any atom is -0.482 e. The molecule has 3 N–H and O–H groups in total. The van der Waals surface area contributed by atoms with Crippen LogP contribution in [0.15, 0.2) is 54.1 Å². The lowest BCUT2D eigenvalue weighted by Gasteiger charge is -2.13. The summed E-state index contributed by atoms with van der Waals surface area (Å²) in [5.74, 6) is 1.10. The van der Waals surface area contributed by atoms with E-state index in [2.05, 4.69) is 21.9 Å². The molecule has 3 rings (SSSR count). The zero-order valence-corrected chi connectivity index (χ0v) is 16.8. The number of nitrogens with one attached hydrogen (secondary N) is 1. The smallest absolute Gasteiger partial charge is 0.228 e. The van der Waals surface area contributed by atoms with Gasteiger partial charge in [-0.2, -0.15) is 0 Å². The third-order valence-corrected chi connectivity index (χ3v) is 4.67. The molecule has 8 nitrogen and oxygen atoms in total. The zero-order chi connectivity index (χ0) is 21.0. The van der Waals surface area contributed by atoms with E-state index in [1.165, 1.54) is 14.2 Å². The quantitative estimate of drug-likeness (QED) is 0.325. The van der Waals surface area contributed by atoms with Gasteiger partial charge in [0.25, 0.3) is 0 Å². The predicted octanol–water partition coefficient (Wildman–Crippen LogP) is 2.94. The van der Waals surface area contributed by atoms with Crippen molar-refractivity contribution in [2.24, 2.45) is 23.7 Å². The van der Waals surface area contributed by atoms with E-state index in [0.717, 1.165) is 29.4 Å². The first-order valence-electron chi connectivity index (χ1n) is 9.20. The summed E-state index contributed by atoms with van der Waals surface area (Å²) in [6.45, 7) is 3.62. The number of aryl methyl sites for hydroxylation is 1. The lowest BCUT2D eigenvalue weighted by atomic mass is 10.1. The summed E-state index contributed by atoms with van der Waals surface area (Å²) in [4.78, 5) is 20.7. The Balaban J connectivity index is 2.05. The third-order valence-electron chi connectivity index (χ3n) is 4.67. The molecule has 2 heterocycles. The number of nitrogens with zero attached hydrogens (tertiary/aromatic N) is 3. The molecular weight excluding hydrogens is 370 g/mol. The van der Waals surface area contributed by atoms with Gasteiger partial charge in [-0.15, -0.1) is 0 Å². The van der Waals surface area contributed by atoms with E-state index >= 15 is 0 Å². The molecule has 0 bridgehead atoms. The Labute approximate surface area is 169 Å². The second-order valence-electron chi connectivity index (χ2n) is 6.64. The van der Waals surface area contributed by atoms with Crippen molar-refractivity contribution in [1.82, 2.24) is 9.55 Å². The van der Waals surface area contributed by atoms with Crippen molar-refractivity contribution in [1.29, 1.82) is 0 Å². The van der Waals surface area contributed by atoms with Crippen LogP contribution in [0.25, 0.3) is 16.5 Å². The number of aliphatic imine (C=N–C) groups is 1. The van der Waals surface area contributed by atoms with E-state index in [9.17, 15) is 4.79 Å². The molecule has 1 aliphatic rings. The summed E-state index contributed by atoms with van der Waals surface area (Å²) in [6, 6.07) is 3.76. The molecule has 29 heavy (non-hydrogen) atoms. The Morgan fingerprint density at radius 2 is 2.14 bits per heavy atom. The number of ether oxygens (including phenoxy) is 2. The van der Waals surface area contributed by atoms with E-state index < -0.39 is 0 Å². The molecule has 0 aromatic carbocycles. The van der Waals surface area contributed by atoms with E-state index in [4.69, 9.17) is 15.2 Å². The minimum atomic E-state index is 0.0139. The highest BCUT2D eigenvalue weighted by molar-refractivity contribution is 6.20. The van der Waals surface area contributed by atoms with Gasteiger partial charge in [0.05, 0.1) is 31.6 Å². The summed E-state index contributed by atoms with van der Waals surface area (Å²) < 4.78 is 12.7. The number of carbonyl (C=O) groups excluding carboxylic acids is 1. The largest absolute Gasteiger partial charge is 0.482 e. The molecule has 0 spiro atoms. The number of amides is 1. The Morgan fingerprint density at radius 3 is 2.76 bits per heavy atom. The second-order valence-corrected chi connectivity index (χ2v) is 6.64. The number of aromatic nitrogens is 2. The van der Waals surface area contributed by atoms with Gasteiger partial charge < -0.3 is 25.1 Å². The van der Waals surface area contributed by atoms with E-state index in [-0.39, 0.29) is 17.7 Å². The first kappa shape index (κ1) is 20.2. The lowest BCUT2D eigenvalue weighted by Crippen LogP contribution is -2.15. The van der Waals surface area contributed by atoms with Gasteiger partial charge >= 0.3 is 0 Å². The van der Waals surface area contributed by atoms with Crippen LogP contribution >= 0.6 is 0 Å². The standard InChI is InChI=1S/C21H25N5O3/c1-5-6-9-23-21(29-4)18(19(22)28-3)15-10-14-11-17(24-12-16(14)26(15)2)25-20(27)13-7-8-13/h5-6,9-13H,1,7-8,22H2,2-4H3,(H,24,25,27)/b9-6+,19-18+,23-21-. The van der Waals surface area contributed by atoms with Crippen molar-refractivity contribution in [3.8, 4) is 0 Å². The Bertz CT molecular complexity index is 1030. The number of nitrogens with two attached hydrogens (primary N) is 1. The SMILES string of the molecule is C=C/C=C/N=C(OC)/C(=C(\N)OC)c1cc2cc(NC(=O)C3CC3)ncc2n1C. The second kappa shape index (κ2) is 8.64. The molecule has 0 aliphatic heterocycles. The van der Waals surface area contributed by atoms with Gasteiger partial charge in [-0.25, -0.2) is 9.98 Å². The van der Waals surface area contributed by atoms with Crippen LogP contribution in [0.5, 0.6) is 0 Å². The van der Waals surface area contributed by atoms with Crippen LogP contribution in [-0.4, -0.2) is 35.6 Å². The van der Waals surface area contributed by atoms with Gasteiger partial charge in [0.15, 0.2) is 5.88 Å². The maximum absolute atomic E-state index is 12.0. The topological polar surface area (TPSA) is 104 Å². The number of hydrogen-bond acceptors (Lipinski definition) is 6. The predicted molar refractivity (Wildman–Crippen MR) is 114 cm³/mol. The van der Waals surface area contributed by atoms with Crippen molar-refractivity contribution in [3.05, 3.63) is 54.8 Å². The summed E-state index contributed by atoms with van der Waals surface area (Å²) >= 11 is 0. The highest BCUT2D eigenvalue weighted by Gasteiger charge is 2.30. The van der Waals surface area contributed by atoms with Crippen LogP contribution in [0, 0.1) is 5.92 Å². The summed E-state index contributed by atoms with van der Waals surface area (Å²) in [7, 11) is 4.88.